The van der Waals surface area contributed by atoms with E-state index in [9.17, 15) is 4.79 Å². The summed E-state index contributed by atoms with van der Waals surface area (Å²) >= 11 is 3.39. The van der Waals surface area contributed by atoms with Crippen LogP contribution in [0.1, 0.15) is 30.5 Å². The summed E-state index contributed by atoms with van der Waals surface area (Å²) in [5.74, 6) is 2.04. The van der Waals surface area contributed by atoms with Crippen molar-refractivity contribution in [1.29, 1.82) is 0 Å². The zero-order valence-corrected chi connectivity index (χ0v) is 15.1. The van der Waals surface area contributed by atoms with Gasteiger partial charge in [-0.1, -0.05) is 36.0 Å². The fraction of sp³-hybridized carbons (Fsp3) is 0.278. The molecule has 0 aliphatic heterocycles. The highest BCUT2D eigenvalue weighted by Gasteiger charge is 2.15. The fourth-order valence-corrected chi connectivity index (χ4v) is 4.01. The minimum Gasteiger partial charge on any atom is -0.300 e. The molecule has 6 heteroatoms. The molecule has 0 fully saturated rings. The van der Waals surface area contributed by atoms with Crippen molar-refractivity contribution in [2.75, 3.05) is 5.75 Å². The third-order valence-electron chi connectivity index (χ3n) is 3.53. The summed E-state index contributed by atoms with van der Waals surface area (Å²) in [6.07, 6.45) is 2.25. The standard InChI is InChI=1S/C18H19N3OS2/c1-14(22)7-5-12-24-18-20-19-17(13-16-10-6-11-23-16)21(18)15-8-3-2-4-9-15/h2-4,6,8-11H,5,7,12-13H2,1H3. The van der Waals surface area contributed by atoms with E-state index < -0.39 is 0 Å². The van der Waals surface area contributed by atoms with Crippen LogP contribution < -0.4 is 0 Å². The van der Waals surface area contributed by atoms with Gasteiger partial charge in [-0.25, -0.2) is 0 Å². The van der Waals surface area contributed by atoms with Crippen molar-refractivity contribution in [3.8, 4) is 5.69 Å². The number of ketones is 1. The van der Waals surface area contributed by atoms with Crippen molar-refractivity contribution in [3.63, 3.8) is 0 Å². The van der Waals surface area contributed by atoms with E-state index in [0.717, 1.165) is 35.3 Å². The lowest BCUT2D eigenvalue weighted by Crippen LogP contribution is -2.03. The quantitative estimate of drug-likeness (QED) is 0.443. The minimum absolute atomic E-state index is 0.235. The first kappa shape index (κ1) is 16.9. The minimum atomic E-state index is 0.235. The molecule has 24 heavy (non-hydrogen) atoms. The summed E-state index contributed by atoms with van der Waals surface area (Å²) in [7, 11) is 0. The highest BCUT2D eigenvalue weighted by atomic mass is 32.2. The Morgan fingerprint density at radius 1 is 1.17 bits per heavy atom. The SMILES string of the molecule is CC(=O)CCCSc1nnc(Cc2cccs2)n1-c1ccccc1. The Bertz CT molecular complexity index is 782. The number of thiophene rings is 1. The van der Waals surface area contributed by atoms with Crippen molar-refractivity contribution in [2.24, 2.45) is 0 Å². The second-order valence-electron chi connectivity index (χ2n) is 5.48. The molecule has 0 saturated heterocycles. The van der Waals surface area contributed by atoms with Gasteiger partial charge < -0.3 is 4.79 Å². The third kappa shape index (κ3) is 4.33. The van der Waals surface area contributed by atoms with Gasteiger partial charge in [-0.3, -0.25) is 4.57 Å². The van der Waals surface area contributed by atoms with Gasteiger partial charge in [0.15, 0.2) is 5.16 Å². The van der Waals surface area contributed by atoms with Gasteiger partial charge in [-0.05, 0) is 36.9 Å². The van der Waals surface area contributed by atoms with Gasteiger partial charge in [0, 0.05) is 29.2 Å². The van der Waals surface area contributed by atoms with E-state index in [4.69, 9.17) is 0 Å². The topological polar surface area (TPSA) is 47.8 Å². The molecular weight excluding hydrogens is 338 g/mol. The lowest BCUT2D eigenvalue weighted by Gasteiger charge is -2.09. The summed E-state index contributed by atoms with van der Waals surface area (Å²) in [5, 5.41) is 11.8. The van der Waals surface area contributed by atoms with E-state index in [-0.39, 0.29) is 5.78 Å². The monoisotopic (exact) mass is 357 g/mol. The summed E-state index contributed by atoms with van der Waals surface area (Å²) in [6.45, 7) is 1.64. The average Bonchev–Trinajstić information content (AvgIpc) is 3.23. The van der Waals surface area contributed by atoms with Crippen LogP contribution in [0.3, 0.4) is 0 Å². The number of carbonyl (C=O) groups is 1. The number of thioether (sulfide) groups is 1. The van der Waals surface area contributed by atoms with E-state index in [1.807, 2.05) is 18.2 Å². The number of hydrogen-bond acceptors (Lipinski definition) is 5. The zero-order chi connectivity index (χ0) is 16.8. The number of rotatable bonds is 8. The summed E-state index contributed by atoms with van der Waals surface area (Å²) in [4.78, 5) is 12.4. The Hall–Kier alpha value is -1.92. The predicted octanol–water partition coefficient (Wildman–Crippen LogP) is 4.38. The molecule has 0 atom stereocenters. The van der Waals surface area contributed by atoms with Crippen molar-refractivity contribution >= 4 is 28.9 Å². The van der Waals surface area contributed by atoms with Crippen molar-refractivity contribution in [3.05, 3.63) is 58.5 Å². The van der Waals surface area contributed by atoms with Gasteiger partial charge in [0.1, 0.15) is 11.6 Å². The molecule has 0 aliphatic carbocycles. The molecule has 0 unspecified atom stereocenters. The van der Waals surface area contributed by atoms with Gasteiger partial charge in [-0.15, -0.1) is 21.5 Å². The molecule has 0 spiro atoms. The molecular formula is C18H19N3OS2. The van der Waals surface area contributed by atoms with Crippen LogP contribution in [0.15, 0.2) is 53.0 Å². The van der Waals surface area contributed by atoms with E-state index in [0.29, 0.717) is 6.42 Å². The van der Waals surface area contributed by atoms with Gasteiger partial charge >= 0.3 is 0 Å². The van der Waals surface area contributed by atoms with Gasteiger partial charge in [0.05, 0.1) is 0 Å². The van der Waals surface area contributed by atoms with Crippen LogP contribution in [0.25, 0.3) is 5.69 Å². The average molecular weight is 358 g/mol. The smallest absolute Gasteiger partial charge is 0.195 e. The van der Waals surface area contributed by atoms with Crippen LogP contribution in [0.4, 0.5) is 0 Å². The highest BCUT2D eigenvalue weighted by Crippen LogP contribution is 2.25. The van der Waals surface area contributed by atoms with Crippen molar-refractivity contribution in [1.82, 2.24) is 14.8 Å². The molecule has 0 radical (unpaired) electrons. The lowest BCUT2D eigenvalue weighted by atomic mass is 10.3. The Morgan fingerprint density at radius 3 is 2.71 bits per heavy atom. The Kier molecular flexibility index (Phi) is 5.82. The van der Waals surface area contributed by atoms with Crippen molar-refractivity contribution < 1.29 is 4.79 Å². The summed E-state index contributed by atoms with van der Waals surface area (Å²) in [6, 6.07) is 14.4. The lowest BCUT2D eigenvalue weighted by molar-refractivity contribution is -0.117. The van der Waals surface area contributed by atoms with E-state index in [1.54, 1.807) is 30.0 Å². The Morgan fingerprint density at radius 2 is 2.00 bits per heavy atom. The summed E-state index contributed by atoms with van der Waals surface area (Å²) in [5.41, 5.74) is 1.07. The van der Waals surface area contributed by atoms with E-state index in [2.05, 4.69) is 44.4 Å². The Balaban J connectivity index is 1.82. The number of aromatic nitrogens is 3. The maximum absolute atomic E-state index is 11.1. The number of nitrogens with zero attached hydrogens (tertiary/aromatic N) is 3. The maximum atomic E-state index is 11.1. The maximum Gasteiger partial charge on any atom is 0.195 e. The zero-order valence-electron chi connectivity index (χ0n) is 13.5. The second kappa shape index (κ2) is 8.26. The van der Waals surface area contributed by atoms with Crippen LogP contribution in [-0.4, -0.2) is 26.3 Å². The second-order valence-corrected chi connectivity index (χ2v) is 7.57. The molecule has 124 valence electrons. The number of para-hydroxylation sites is 1. The van der Waals surface area contributed by atoms with Crippen LogP contribution in [-0.2, 0) is 11.2 Å². The van der Waals surface area contributed by atoms with E-state index in [1.165, 1.54) is 4.88 Å². The van der Waals surface area contributed by atoms with Gasteiger partial charge in [-0.2, -0.15) is 0 Å². The van der Waals surface area contributed by atoms with Crippen LogP contribution in [0.2, 0.25) is 0 Å². The molecule has 0 amide bonds. The molecule has 2 aromatic heterocycles. The third-order valence-corrected chi connectivity index (χ3v) is 5.42. The molecule has 0 N–H and O–H groups in total. The predicted molar refractivity (Wildman–Crippen MR) is 99.1 cm³/mol. The first-order valence-corrected chi connectivity index (χ1v) is 9.75. The number of Topliss-reactive ketones (excluding diaryl/α,β-unsaturated/α-hetero) is 1. The molecule has 0 aliphatic rings. The number of carbonyl (C=O) groups excluding carboxylic acids is 1. The summed E-state index contributed by atoms with van der Waals surface area (Å²) < 4.78 is 2.12. The Labute approximate surface area is 149 Å². The van der Waals surface area contributed by atoms with Crippen LogP contribution >= 0.6 is 23.1 Å². The van der Waals surface area contributed by atoms with Gasteiger partial charge in [0.2, 0.25) is 0 Å². The van der Waals surface area contributed by atoms with Crippen LogP contribution in [0, 0.1) is 0 Å². The molecule has 2 heterocycles. The van der Waals surface area contributed by atoms with Crippen LogP contribution in [0.5, 0.6) is 0 Å². The molecule has 0 saturated carbocycles. The molecule has 3 rings (SSSR count). The van der Waals surface area contributed by atoms with Gasteiger partial charge in [0.25, 0.3) is 0 Å². The molecule has 4 nitrogen and oxygen atoms in total. The normalized spacial score (nSPS) is 10.9. The first-order valence-electron chi connectivity index (χ1n) is 7.88. The number of benzene rings is 1. The molecule has 3 aromatic rings. The fourth-order valence-electron chi connectivity index (χ4n) is 2.40. The van der Waals surface area contributed by atoms with Crippen molar-refractivity contribution in [2.45, 2.75) is 31.3 Å². The largest absolute Gasteiger partial charge is 0.300 e. The number of hydrogen-bond donors (Lipinski definition) is 0. The van der Waals surface area contributed by atoms with E-state index >= 15 is 0 Å². The molecule has 0 bridgehead atoms. The molecule has 1 aromatic carbocycles. The highest BCUT2D eigenvalue weighted by molar-refractivity contribution is 7.99. The first-order chi connectivity index (χ1) is 11.7.